The Balaban J connectivity index is 2.00. The summed E-state index contributed by atoms with van der Waals surface area (Å²) in [4.78, 5) is 25.0. The van der Waals surface area contributed by atoms with Crippen molar-refractivity contribution in [1.29, 1.82) is 0 Å². The summed E-state index contributed by atoms with van der Waals surface area (Å²) in [6, 6.07) is 7.34. The minimum atomic E-state index is -0.180. The quantitative estimate of drug-likeness (QED) is 0.603. The Bertz CT molecular complexity index is 730. The van der Waals surface area contributed by atoms with E-state index in [0.29, 0.717) is 27.8 Å². The SMILES string of the molecule is CC[C@@H](C)Nc1nc(NC)nc(SCC(=O)Nc2ccccc2Cl)n1. The molecule has 0 saturated heterocycles. The molecule has 1 aromatic heterocycles. The van der Waals surface area contributed by atoms with Crippen molar-refractivity contribution >= 4 is 46.9 Å². The molecule has 1 aromatic carbocycles. The maximum atomic E-state index is 12.1. The predicted molar refractivity (Wildman–Crippen MR) is 104 cm³/mol. The largest absolute Gasteiger partial charge is 0.357 e. The summed E-state index contributed by atoms with van der Waals surface area (Å²) in [7, 11) is 1.74. The third-order valence-corrected chi connectivity index (χ3v) is 4.48. The number of carbonyl (C=O) groups excluding carboxylic acids is 1. The summed E-state index contributed by atoms with van der Waals surface area (Å²) >= 11 is 7.27. The van der Waals surface area contributed by atoms with E-state index in [1.54, 1.807) is 19.2 Å². The third kappa shape index (κ3) is 6.06. The highest BCUT2D eigenvalue weighted by Crippen LogP contribution is 2.22. The summed E-state index contributed by atoms with van der Waals surface area (Å²) in [5.74, 6) is 0.930. The summed E-state index contributed by atoms with van der Waals surface area (Å²) in [6.07, 6.45) is 0.948. The Hall–Kier alpha value is -2.06. The number of nitrogens with one attached hydrogen (secondary N) is 3. The third-order valence-electron chi connectivity index (χ3n) is 3.31. The first-order valence-corrected chi connectivity index (χ1v) is 9.25. The van der Waals surface area contributed by atoms with Crippen molar-refractivity contribution in [2.75, 3.05) is 28.8 Å². The normalized spacial score (nSPS) is 11.7. The first-order valence-electron chi connectivity index (χ1n) is 7.89. The molecule has 2 aromatic rings. The van der Waals surface area contributed by atoms with Crippen LogP contribution in [-0.4, -0.2) is 39.7 Å². The van der Waals surface area contributed by atoms with Gasteiger partial charge in [-0.25, -0.2) is 0 Å². The molecule has 0 aliphatic rings. The first-order chi connectivity index (χ1) is 12.0. The number of aromatic nitrogens is 3. The lowest BCUT2D eigenvalue weighted by atomic mass is 10.3. The topological polar surface area (TPSA) is 91.8 Å². The standard InChI is InChI=1S/C16H21ClN6OS/c1-4-10(2)19-15-21-14(18-3)22-16(23-15)25-9-13(24)20-12-8-6-5-7-11(12)17/h5-8,10H,4,9H2,1-3H3,(H,20,24)(H2,18,19,21,22,23)/t10-/m1/s1. The van der Waals surface area contributed by atoms with Gasteiger partial charge in [-0.15, -0.1) is 0 Å². The number of thioether (sulfide) groups is 1. The average molecular weight is 381 g/mol. The van der Waals surface area contributed by atoms with Crippen molar-refractivity contribution in [2.24, 2.45) is 0 Å². The predicted octanol–water partition coefficient (Wildman–Crippen LogP) is 3.51. The lowest BCUT2D eigenvalue weighted by Gasteiger charge is -2.12. The van der Waals surface area contributed by atoms with Crippen LogP contribution >= 0.6 is 23.4 Å². The van der Waals surface area contributed by atoms with Crippen LogP contribution in [-0.2, 0) is 4.79 Å². The number of para-hydroxylation sites is 1. The van der Waals surface area contributed by atoms with Crippen molar-refractivity contribution in [1.82, 2.24) is 15.0 Å². The van der Waals surface area contributed by atoms with Crippen molar-refractivity contribution in [3.05, 3.63) is 29.3 Å². The van der Waals surface area contributed by atoms with Gasteiger partial charge in [0.2, 0.25) is 17.8 Å². The highest BCUT2D eigenvalue weighted by Gasteiger charge is 2.11. The van der Waals surface area contributed by atoms with E-state index in [2.05, 4.69) is 37.8 Å². The second-order valence-electron chi connectivity index (χ2n) is 5.29. The van der Waals surface area contributed by atoms with Gasteiger partial charge in [0.15, 0.2) is 5.16 Å². The molecule has 0 fully saturated rings. The molecule has 3 N–H and O–H groups in total. The number of rotatable bonds is 8. The van der Waals surface area contributed by atoms with Gasteiger partial charge < -0.3 is 16.0 Å². The Morgan fingerprint density at radius 3 is 2.64 bits per heavy atom. The zero-order chi connectivity index (χ0) is 18.2. The summed E-state index contributed by atoms with van der Waals surface area (Å²) in [6.45, 7) is 4.12. The molecule has 25 heavy (non-hydrogen) atoms. The average Bonchev–Trinajstić information content (AvgIpc) is 2.61. The van der Waals surface area contributed by atoms with Crippen LogP contribution < -0.4 is 16.0 Å². The van der Waals surface area contributed by atoms with E-state index in [1.807, 2.05) is 19.1 Å². The molecule has 0 unspecified atom stereocenters. The number of carbonyl (C=O) groups is 1. The van der Waals surface area contributed by atoms with Gasteiger partial charge in [0, 0.05) is 13.1 Å². The fourth-order valence-electron chi connectivity index (χ4n) is 1.80. The number of amides is 1. The Morgan fingerprint density at radius 1 is 1.24 bits per heavy atom. The molecule has 2 rings (SSSR count). The molecule has 0 bridgehead atoms. The molecular formula is C16H21ClN6OS. The summed E-state index contributed by atoms with van der Waals surface area (Å²) < 4.78 is 0. The fraction of sp³-hybridized carbons (Fsp3) is 0.375. The monoisotopic (exact) mass is 380 g/mol. The summed E-state index contributed by atoms with van der Waals surface area (Å²) in [5, 5.41) is 9.85. The number of hydrogen-bond acceptors (Lipinski definition) is 7. The van der Waals surface area contributed by atoms with Gasteiger partial charge in [0.1, 0.15) is 0 Å². The van der Waals surface area contributed by atoms with Gasteiger partial charge in [-0.3, -0.25) is 4.79 Å². The van der Waals surface area contributed by atoms with E-state index < -0.39 is 0 Å². The lowest BCUT2D eigenvalue weighted by Crippen LogP contribution is -2.18. The molecule has 134 valence electrons. The van der Waals surface area contributed by atoms with Gasteiger partial charge >= 0.3 is 0 Å². The van der Waals surface area contributed by atoms with Crippen LogP contribution in [0.25, 0.3) is 0 Å². The maximum absolute atomic E-state index is 12.1. The molecule has 1 atom stereocenters. The maximum Gasteiger partial charge on any atom is 0.234 e. The van der Waals surface area contributed by atoms with E-state index >= 15 is 0 Å². The molecular weight excluding hydrogens is 360 g/mol. The fourth-order valence-corrected chi connectivity index (χ4v) is 2.62. The second kappa shape index (κ2) is 9.43. The minimum Gasteiger partial charge on any atom is -0.357 e. The van der Waals surface area contributed by atoms with E-state index in [0.717, 1.165) is 6.42 Å². The van der Waals surface area contributed by atoms with E-state index in [9.17, 15) is 4.79 Å². The van der Waals surface area contributed by atoms with Crippen LogP contribution in [0.15, 0.2) is 29.4 Å². The molecule has 1 amide bonds. The van der Waals surface area contributed by atoms with Crippen molar-refractivity contribution in [3.63, 3.8) is 0 Å². The van der Waals surface area contributed by atoms with E-state index in [-0.39, 0.29) is 17.7 Å². The van der Waals surface area contributed by atoms with Gasteiger partial charge in [-0.05, 0) is 25.5 Å². The minimum absolute atomic E-state index is 0.168. The molecule has 0 aliphatic carbocycles. The van der Waals surface area contributed by atoms with Crippen LogP contribution in [0.5, 0.6) is 0 Å². The molecule has 9 heteroatoms. The van der Waals surface area contributed by atoms with Crippen molar-refractivity contribution < 1.29 is 4.79 Å². The highest BCUT2D eigenvalue weighted by atomic mass is 35.5. The molecule has 0 spiro atoms. The Morgan fingerprint density at radius 2 is 1.96 bits per heavy atom. The Labute approximate surface area is 156 Å². The van der Waals surface area contributed by atoms with Crippen molar-refractivity contribution in [3.8, 4) is 0 Å². The molecule has 1 heterocycles. The number of benzene rings is 1. The number of halogens is 1. The molecule has 0 saturated carbocycles. The van der Waals surface area contributed by atoms with Gasteiger partial charge in [0.25, 0.3) is 0 Å². The molecule has 0 aliphatic heterocycles. The van der Waals surface area contributed by atoms with Crippen LogP contribution in [0.1, 0.15) is 20.3 Å². The zero-order valence-corrected chi connectivity index (χ0v) is 15.9. The number of nitrogens with zero attached hydrogens (tertiary/aromatic N) is 3. The lowest BCUT2D eigenvalue weighted by molar-refractivity contribution is -0.113. The van der Waals surface area contributed by atoms with Crippen LogP contribution in [0.4, 0.5) is 17.6 Å². The van der Waals surface area contributed by atoms with Crippen LogP contribution in [0.2, 0.25) is 5.02 Å². The van der Waals surface area contributed by atoms with Crippen LogP contribution in [0, 0.1) is 0 Å². The smallest absolute Gasteiger partial charge is 0.234 e. The molecule has 0 radical (unpaired) electrons. The van der Waals surface area contributed by atoms with Crippen molar-refractivity contribution in [2.45, 2.75) is 31.5 Å². The zero-order valence-electron chi connectivity index (χ0n) is 14.3. The van der Waals surface area contributed by atoms with E-state index in [4.69, 9.17) is 11.6 Å². The van der Waals surface area contributed by atoms with E-state index in [1.165, 1.54) is 11.8 Å². The second-order valence-corrected chi connectivity index (χ2v) is 6.64. The highest BCUT2D eigenvalue weighted by molar-refractivity contribution is 7.99. The number of hydrogen-bond donors (Lipinski definition) is 3. The Kier molecular flexibility index (Phi) is 7.27. The molecule has 7 nitrogen and oxygen atoms in total. The summed E-state index contributed by atoms with van der Waals surface area (Å²) in [5.41, 5.74) is 0.584. The van der Waals surface area contributed by atoms with Gasteiger partial charge in [-0.1, -0.05) is 42.4 Å². The van der Waals surface area contributed by atoms with Gasteiger partial charge in [0.05, 0.1) is 16.5 Å². The first kappa shape index (κ1) is 19.3. The number of anilines is 3. The van der Waals surface area contributed by atoms with Gasteiger partial charge in [-0.2, -0.15) is 15.0 Å². The van der Waals surface area contributed by atoms with Crippen LogP contribution in [0.3, 0.4) is 0 Å².